The summed E-state index contributed by atoms with van der Waals surface area (Å²) in [5.74, 6) is -0.825. The number of hydrogen-bond donors (Lipinski definition) is 3. The minimum atomic E-state index is -0.948. The maximum absolute atomic E-state index is 10.7. The topological polar surface area (TPSA) is 83.5 Å². The summed E-state index contributed by atoms with van der Waals surface area (Å²) >= 11 is 1.41. The molecule has 0 bridgehead atoms. The quantitative estimate of drug-likeness (QED) is 0.740. The average molecular weight is 261 g/mol. The lowest BCUT2D eigenvalue weighted by molar-refractivity contribution is 0.0697. The highest BCUT2D eigenvalue weighted by atomic mass is 32.2. The highest BCUT2D eigenvalue weighted by Gasteiger charge is 2.05. The van der Waals surface area contributed by atoms with Crippen LogP contribution in [0.5, 0.6) is 5.75 Å². The van der Waals surface area contributed by atoms with Crippen molar-refractivity contribution in [2.75, 3.05) is 5.73 Å². The number of aromatic carboxylic acids is 1. The molecule has 0 spiro atoms. The Morgan fingerprint density at radius 1 is 1.11 bits per heavy atom. The van der Waals surface area contributed by atoms with Crippen LogP contribution in [0.25, 0.3) is 0 Å². The SMILES string of the molecule is Nc1cc(O)ccc1Sc1ccc(C(=O)O)cc1. The van der Waals surface area contributed by atoms with E-state index in [-0.39, 0.29) is 11.3 Å². The highest BCUT2D eigenvalue weighted by Crippen LogP contribution is 2.33. The standard InChI is InChI=1S/C13H11NO3S/c14-11-7-9(15)3-6-12(11)18-10-4-1-8(2-5-10)13(16)17/h1-7,15H,14H2,(H,16,17). The van der Waals surface area contributed by atoms with Crippen LogP contribution >= 0.6 is 11.8 Å². The van der Waals surface area contributed by atoms with Crippen molar-refractivity contribution in [1.82, 2.24) is 0 Å². The van der Waals surface area contributed by atoms with E-state index in [1.165, 1.54) is 17.8 Å². The van der Waals surface area contributed by atoms with Crippen LogP contribution in [0.1, 0.15) is 10.4 Å². The summed E-state index contributed by atoms with van der Waals surface area (Å²) in [6, 6.07) is 11.3. The highest BCUT2D eigenvalue weighted by molar-refractivity contribution is 7.99. The molecule has 0 aliphatic heterocycles. The minimum absolute atomic E-state index is 0.123. The summed E-state index contributed by atoms with van der Waals surface area (Å²) in [5, 5.41) is 18.0. The molecule has 4 nitrogen and oxygen atoms in total. The van der Waals surface area contributed by atoms with Crippen molar-refractivity contribution in [3.05, 3.63) is 48.0 Å². The Morgan fingerprint density at radius 3 is 2.33 bits per heavy atom. The molecule has 4 N–H and O–H groups in total. The van der Waals surface area contributed by atoms with Crippen LogP contribution in [-0.4, -0.2) is 16.2 Å². The third kappa shape index (κ3) is 2.75. The second kappa shape index (κ2) is 5.01. The number of carboxylic acids is 1. The summed E-state index contributed by atoms with van der Waals surface area (Å²) in [6.45, 7) is 0. The smallest absolute Gasteiger partial charge is 0.335 e. The Kier molecular flexibility index (Phi) is 3.43. The zero-order valence-electron chi connectivity index (χ0n) is 9.33. The molecule has 0 amide bonds. The lowest BCUT2D eigenvalue weighted by Crippen LogP contribution is -1.94. The number of rotatable bonds is 3. The van der Waals surface area contributed by atoms with Crippen LogP contribution in [0.4, 0.5) is 5.69 Å². The van der Waals surface area contributed by atoms with E-state index >= 15 is 0 Å². The lowest BCUT2D eigenvalue weighted by atomic mass is 10.2. The largest absolute Gasteiger partial charge is 0.508 e. The summed E-state index contributed by atoms with van der Waals surface area (Å²) in [7, 11) is 0. The second-order valence-electron chi connectivity index (χ2n) is 3.65. The zero-order chi connectivity index (χ0) is 13.1. The molecular weight excluding hydrogens is 250 g/mol. The maximum Gasteiger partial charge on any atom is 0.335 e. The molecule has 0 aliphatic rings. The zero-order valence-corrected chi connectivity index (χ0v) is 10.1. The molecule has 2 aromatic carbocycles. The van der Waals surface area contributed by atoms with Crippen molar-refractivity contribution in [3.63, 3.8) is 0 Å². The third-order valence-corrected chi connectivity index (χ3v) is 3.42. The van der Waals surface area contributed by atoms with Crippen LogP contribution in [0.15, 0.2) is 52.3 Å². The number of anilines is 1. The fraction of sp³-hybridized carbons (Fsp3) is 0. The molecule has 18 heavy (non-hydrogen) atoms. The first-order valence-electron chi connectivity index (χ1n) is 5.16. The van der Waals surface area contributed by atoms with Gasteiger partial charge in [0.1, 0.15) is 5.75 Å². The first kappa shape index (κ1) is 12.3. The summed E-state index contributed by atoms with van der Waals surface area (Å²) < 4.78 is 0. The fourth-order valence-electron chi connectivity index (χ4n) is 1.42. The van der Waals surface area contributed by atoms with Gasteiger partial charge in [0.25, 0.3) is 0 Å². The predicted octanol–water partition coefficient (Wildman–Crippen LogP) is 2.82. The van der Waals surface area contributed by atoms with Crippen molar-refractivity contribution >= 4 is 23.4 Å². The molecule has 0 fully saturated rings. The molecule has 0 unspecified atom stereocenters. The maximum atomic E-state index is 10.7. The van der Waals surface area contributed by atoms with Gasteiger partial charge in [0.15, 0.2) is 0 Å². The minimum Gasteiger partial charge on any atom is -0.508 e. The van der Waals surface area contributed by atoms with Crippen LogP contribution in [0.2, 0.25) is 0 Å². The van der Waals surface area contributed by atoms with E-state index in [1.54, 1.807) is 36.4 Å². The van der Waals surface area contributed by atoms with Gasteiger partial charge in [-0.2, -0.15) is 0 Å². The number of phenolic OH excluding ortho intramolecular Hbond substituents is 1. The van der Waals surface area contributed by atoms with E-state index < -0.39 is 5.97 Å². The van der Waals surface area contributed by atoms with Crippen molar-refractivity contribution < 1.29 is 15.0 Å². The number of hydrogen-bond acceptors (Lipinski definition) is 4. The number of nitrogen functional groups attached to an aromatic ring is 1. The second-order valence-corrected chi connectivity index (χ2v) is 4.77. The van der Waals surface area contributed by atoms with E-state index in [4.69, 9.17) is 10.8 Å². The molecule has 0 heterocycles. The van der Waals surface area contributed by atoms with Crippen molar-refractivity contribution in [3.8, 4) is 5.75 Å². The lowest BCUT2D eigenvalue weighted by Gasteiger charge is -2.06. The Morgan fingerprint density at radius 2 is 1.78 bits per heavy atom. The number of carboxylic acid groups (broad SMARTS) is 1. The molecule has 0 atom stereocenters. The molecule has 0 aliphatic carbocycles. The molecule has 0 saturated carbocycles. The number of phenols is 1. The van der Waals surface area contributed by atoms with Gasteiger partial charge in [0.05, 0.1) is 5.56 Å². The Hall–Kier alpha value is -2.14. The van der Waals surface area contributed by atoms with Crippen LogP contribution in [0, 0.1) is 0 Å². The van der Waals surface area contributed by atoms with Gasteiger partial charge in [0, 0.05) is 21.5 Å². The predicted molar refractivity (Wildman–Crippen MR) is 70.0 cm³/mol. The number of benzene rings is 2. The number of nitrogens with two attached hydrogens (primary N) is 1. The van der Waals surface area contributed by atoms with E-state index in [0.717, 1.165) is 9.79 Å². The Bertz CT molecular complexity index is 581. The van der Waals surface area contributed by atoms with Crippen molar-refractivity contribution in [2.45, 2.75) is 9.79 Å². The first-order valence-corrected chi connectivity index (χ1v) is 5.97. The van der Waals surface area contributed by atoms with Gasteiger partial charge in [-0.3, -0.25) is 0 Å². The molecule has 5 heteroatoms. The fourth-order valence-corrected chi connectivity index (χ4v) is 2.26. The monoisotopic (exact) mass is 261 g/mol. The summed E-state index contributed by atoms with van der Waals surface area (Å²) in [4.78, 5) is 12.4. The summed E-state index contributed by atoms with van der Waals surface area (Å²) in [5.41, 5.74) is 6.51. The Balaban J connectivity index is 2.21. The normalized spacial score (nSPS) is 10.2. The molecule has 0 radical (unpaired) electrons. The third-order valence-electron chi connectivity index (χ3n) is 2.32. The molecule has 0 aromatic heterocycles. The van der Waals surface area contributed by atoms with Crippen molar-refractivity contribution in [1.29, 1.82) is 0 Å². The van der Waals surface area contributed by atoms with Gasteiger partial charge in [-0.25, -0.2) is 4.79 Å². The van der Waals surface area contributed by atoms with E-state index in [9.17, 15) is 9.90 Å². The molecule has 0 saturated heterocycles. The van der Waals surface area contributed by atoms with Gasteiger partial charge in [-0.05, 0) is 36.4 Å². The summed E-state index contributed by atoms with van der Waals surface area (Å²) in [6.07, 6.45) is 0. The van der Waals surface area contributed by atoms with Gasteiger partial charge in [-0.15, -0.1) is 0 Å². The van der Waals surface area contributed by atoms with E-state index in [2.05, 4.69) is 0 Å². The van der Waals surface area contributed by atoms with E-state index in [0.29, 0.717) is 5.69 Å². The van der Waals surface area contributed by atoms with E-state index in [1.807, 2.05) is 0 Å². The Labute approximate surface area is 108 Å². The molecule has 2 aromatic rings. The molecule has 2 rings (SSSR count). The van der Waals surface area contributed by atoms with Gasteiger partial charge in [-0.1, -0.05) is 11.8 Å². The average Bonchev–Trinajstić information content (AvgIpc) is 2.33. The van der Waals surface area contributed by atoms with Gasteiger partial charge < -0.3 is 15.9 Å². The first-order chi connectivity index (χ1) is 8.56. The number of aromatic hydroxyl groups is 1. The number of carbonyl (C=O) groups is 1. The molecule has 92 valence electrons. The van der Waals surface area contributed by atoms with Crippen molar-refractivity contribution in [2.24, 2.45) is 0 Å². The van der Waals surface area contributed by atoms with Crippen LogP contribution in [0.3, 0.4) is 0 Å². The van der Waals surface area contributed by atoms with Crippen LogP contribution in [-0.2, 0) is 0 Å². The van der Waals surface area contributed by atoms with Gasteiger partial charge >= 0.3 is 5.97 Å². The molecular formula is C13H11NO3S. The van der Waals surface area contributed by atoms with Crippen LogP contribution < -0.4 is 5.73 Å². The van der Waals surface area contributed by atoms with Gasteiger partial charge in [0.2, 0.25) is 0 Å².